The van der Waals surface area contributed by atoms with Gasteiger partial charge >= 0.3 is 11.9 Å². The molecule has 1 amide bonds. The van der Waals surface area contributed by atoms with Crippen molar-refractivity contribution in [1.82, 2.24) is 4.98 Å². The van der Waals surface area contributed by atoms with E-state index in [0.29, 0.717) is 17.7 Å². The molecule has 0 saturated carbocycles. The van der Waals surface area contributed by atoms with E-state index >= 15 is 0 Å². The molecule has 1 heterocycles. The molecule has 0 saturated heterocycles. The van der Waals surface area contributed by atoms with Gasteiger partial charge < -0.3 is 15.9 Å². The van der Waals surface area contributed by atoms with Crippen molar-refractivity contribution in [2.45, 2.75) is 0 Å². The van der Waals surface area contributed by atoms with Crippen LogP contribution in [0.2, 0.25) is 0 Å². The lowest BCUT2D eigenvalue weighted by atomic mass is 10.0. The van der Waals surface area contributed by atoms with Gasteiger partial charge in [-0.05, 0) is 18.2 Å². The number of carbonyl (C=O) groups is 3. The van der Waals surface area contributed by atoms with E-state index in [0.717, 1.165) is 11.3 Å². The maximum absolute atomic E-state index is 11.2. The normalized spacial score (nSPS) is 9.74. The van der Waals surface area contributed by atoms with Crippen LogP contribution in [0, 0.1) is 0 Å². The lowest BCUT2D eigenvalue weighted by molar-refractivity contribution is -0.134. The van der Waals surface area contributed by atoms with Crippen molar-refractivity contribution in [3.63, 3.8) is 0 Å². The molecule has 7 heteroatoms. The highest BCUT2D eigenvalue weighted by Crippen LogP contribution is 2.20. The molecule has 0 fully saturated rings. The first-order valence-electron chi connectivity index (χ1n) is 6.36. The Labute approximate surface area is 131 Å². The minimum absolute atomic E-state index is 0.434. The Morgan fingerprint density at radius 2 is 1.48 bits per heavy atom. The SMILES string of the molecule is NC(=O)c1ccccc1-c1ccccn1.O=C(O)/C=C\C(=O)O. The Morgan fingerprint density at radius 3 is 1.96 bits per heavy atom. The van der Waals surface area contributed by atoms with Crippen LogP contribution in [0.5, 0.6) is 0 Å². The van der Waals surface area contributed by atoms with Gasteiger partial charge in [-0.3, -0.25) is 9.78 Å². The van der Waals surface area contributed by atoms with Crippen LogP contribution in [0.4, 0.5) is 0 Å². The molecule has 0 radical (unpaired) electrons. The van der Waals surface area contributed by atoms with Crippen LogP contribution in [0.25, 0.3) is 11.3 Å². The highest BCUT2D eigenvalue weighted by atomic mass is 16.4. The number of pyridine rings is 1. The summed E-state index contributed by atoms with van der Waals surface area (Å²) in [5, 5.41) is 15.6. The Kier molecular flexibility index (Phi) is 6.67. The third-order valence-electron chi connectivity index (χ3n) is 2.50. The van der Waals surface area contributed by atoms with Crippen molar-refractivity contribution < 1.29 is 24.6 Å². The van der Waals surface area contributed by atoms with Crippen molar-refractivity contribution in [2.24, 2.45) is 5.73 Å². The molecular formula is C16H14N2O5. The first-order valence-corrected chi connectivity index (χ1v) is 6.36. The Bertz CT molecular complexity index is 710. The number of hydrogen-bond donors (Lipinski definition) is 3. The van der Waals surface area contributed by atoms with E-state index in [1.54, 1.807) is 18.3 Å². The van der Waals surface area contributed by atoms with Crippen LogP contribution in [0.15, 0.2) is 60.8 Å². The summed E-state index contributed by atoms with van der Waals surface area (Å²) in [6.07, 6.45) is 2.80. The Balaban J connectivity index is 0.000000284. The predicted octanol–water partition coefficient (Wildman–Crippen LogP) is 1.56. The molecule has 0 aliphatic heterocycles. The number of carbonyl (C=O) groups excluding carboxylic acids is 1. The van der Waals surface area contributed by atoms with Gasteiger partial charge in [0.1, 0.15) is 0 Å². The van der Waals surface area contributed by atoms with Gasteiger partial charge in [0.05, 0.1) is 5.69 Å². The minimum atomic E-state index is -1.26. The Morgan fingerprint density at radius 1 is 0.913 bits per heavy atom. The number of benzene rings is 1. The molecule has 0 bridgehead atoms. The van der Waals surface area contributed by atoms with Gasteiger partial charge in [-0.15, -0.1) is 0 Å². The number of aliphatic carboxylic acids is 2. The highest BCUT2D eigenvalue weighted by Gasteiger charge is 2.08. The van der Waals surface area contributed by atoms with Crippen molar-refractivity contribution in [1.29, 1.82) is 0 Å². The van der Waals surface area contributed by atoms with Gasteiger partial charge in [0.15, 0.2) is 0 Å². The molecule has 2 rings (SSSR count). The third-order valence-corrected chi connectivity index (χ3v) is 2.50. The van der Waals surface area contributed by atoms with Gasteiger partial charge in [-0.1, -0.05) is 24.3 Å². The average Bonchev–Trinajstić information content (AvgIpc) is 2.54. The first-order chi connectivity index (χ1) is 10.9. The first kappa shape index (κ1) is 17.6. The lowest BCUT2D eigenvalue weighted by Gasteiger charge is -2.04. The van der Waals surface area contributed by atoms with Gasteiger partial charge in [0.25, 0.3) is 0 Å². The van der Waals surface area contributed by atoms with E-state index < -0.39 is 17.8 Å². The number of nitrogens with zero attached hydrogens (tertiary/aromatic N) is 1. The van der Waals surface area contributed by atoms with E-state index in [-0.39, 0.29) is 0 Å². The van der Waals surface area contributed by atoms with Crippen molar-refractivity contribution >= 4 is 17.8 Å². The van der Waals surface area contributed by atoms with E-state index in [4.69, 9.17) is 15.9 Å². The summed E-state index contributed by atoms with van der Waals surface area (Å²) in [5.41, 5.74) is 7.31. The molecule has 118 valence electrons. The summed E-state index contributed by atoms with van der Waals surface area (Å²) in [4.78, 5) is 34.5. The van der Waals surface area contributed by atoms with E-state index in [1.165, 1.54) is 0 Å². The highest BCUT2D eigenvalue weighted by molar-refractivity contribution is 5.99. The van der Waals surface area contributed by atoms with E-state index in [2.05, 4.69) is 4.98 Å². The number of carboxylic acids is 2. The number of nitrogens with two attached hydrogens (primary N) is 1. The second-order valence-corrected chi connectivity index (χ2v) is 4.13. The molecule has 0 unspecified atom stereocenters. The van der Waals surface area contributed by atoms with Gasteiger partial charge in [0.2, 0.25) is 5.91 Å². The molecule has 7 nitrogen and oxygen atoms in total. The van der Waals surface area contributed by atoms with Gasteiger partial charge in [0, 0.05) is 29.5 Å². The fourth-order valence-corrected chi connectivity index (χ4v) is 1.59. The number of aromatic nitrogens is 1. The molecule has 0 spiro atoms. The van der Waals surface area contributed by atoms with Crippen LogP contribution in [0.1, 0.15) is 10.4 Å². The summed E-state index contributed by atoms with van der Waals surface area (Å²) in [7, 11) is 0. The molecule has 0 aliphatic rings. The summed E-state index contributed by atoms with van der Waals surface area (Å²) in [6, 6.07) is 12.7. The third kappa shape index (κ3) is 6.21. The zero-order valence-corrected chi connectivity index (χ0v) is 11.9. The monoisotopic (exact) mass is 314 g/mol. The maximum atomic E-state index is 11.2. The fourth-order valence-electron chi connectivity index (χ4n) is 1.59. The van der Waals surface area contributed by atoms with E-state index in [1.807, 2.05) is 30.3 Å². The topological polar surface area (TPSA) is 131 Å². The fraction of sp³-hybridized carbons (Fsp3) is 0. The number of primary amides is 1. The molecule has 0 atom stereocenters. The molecule has 2 aromatic rings. The second-order valence-electron chi connectivity index (χ2n) is 4.13. The van der Waals surface area contributed by atoms with Crippen molar-refractivity contribution in [2.75, 3.05) is 0 Å². The molecular weight excluding hydrogens is 300 g/mol. The predicted molar refractivity (Wildman–Crippen MR) is 82.6 cm³/mol. The minimum Gasteiger partial charge on any atom is -0.478 e. The van der Waals surface area contributed by atoms with E-state index in [9.17, 15) is 14.4 Å². The zero-order chi connectivity index (χ0) is 17.2. The van der Waals surface area contributed by atoms with Crippen LogP contribution < -0.4 is 5.73 Å². The molecule has 1 aromatic heterocycles. The van der Waals surface area contributed by atoms with Gasteiger partial charge in [-0.2, -0.15) is 0 Å². The summed E-state index contributed by atoms with van der Waals surface area (Å²) >= 11 is 0. The number of amides is 1. The largest absolute Gasteiger partial charge is 0.478 e. The second kappa shape index (κ2) is 8.73. The number of rotatable bonds is 4. The molecule has 4 N–H and O–H groups in total. The maximum Gasteiger partial charge on any atom is 0.328 e. The number of hydrogen-bond acceptors (Lipinski definition) is 4. The standard InChI is InChI=1S/C12H10N2O.C4H4O4/c13-12(15)10-6-2-1-5-9(10)11-7-3-4-8-14-11;5-3(6)1-2-4(7)8/h1-8H,(H2,13,15);1-2H,(H,5,6)(H,7,8)/b;2-1-. The molecule has 0 aliphatic carbocycles. The van der Waals surface area contributed by atoms with Crippen molar-refractivity contribution in [3.8, 4) is 11.3 Å². The van der Waals surface area contributed by atoms with Crippen LogP contribution in [0.3, 0.4) is 0 Å². The van der Waals surface area contributed by atoms with Crippen LogP contribution >= 0.6 is 0 Å². The summed E-state index contributed by atoms with van der Waals surface area (Å²) in [5.74, 6) is -2.95. The van der Waals surface area contributed by atoms with Crippen molar-refractivity contribution in [3.05, 3.63) is 66.4 Å². The smallest absolute Gasteiger partial charge is 0.328 e. The summed E-state index contributed by atoms with van der Waals surface area (Å²) in [6.45, 7) is 0. The molecule has 1 aromatic carbocycles. The Hall–Kier alpha value is -3.48. The summed E-state index contributed by atoms with van der Waals surface area (Å²) < 4.78 is 0. The molecule has 23 heavy (non-hydrogen) atoms. The average molecular weight is 314 g/mol. The quantitative estimate of drug-likeness (QED) is 0.734. The van der Waals surface area contributed by atoms with Crippen LogP contribution in [-0.4, -0.2) is 33.0 Å². The zero-order valence-electron chi connectivity index (χ0n) is 11.9. The number of carboxylic acid groups (broad SMARTS) is 2. The van der Waals surface area contributed by atoms with Crippen LogP contribution in [-0.2, 0) is 9.59 Å². The lowest BCUT2D eigenvalue weighted by Crippen LogP contribution is -2.12. The van der Waals surface area contributed by atoms with Gasteiger partial charge in [-0.25, -0.2) is 9.59 Å².